The Morgan fingerprint density at radius 3 is 3.05 bits per heavy atom. The van der Waals surface area contributed by atoms with Gasteiger partial charge in [-0.15, -0.1) is 0 Å². The Kier molecular flexibility index (Phi) is 3.27. The van der Waals surface area contributed by atoms with Crippen molar-refractivity contribution in [3.8, 4) is 0 Å². The van der Waals surface area contributed by atoms with E-state index >= 15 is 0 Å². The molecule has 3 rings (SSSR count). The zero-order valence-electron chi connectivity index (χ0n) is 10.9. The Balaban J connectivity index is 1.87. The first-order chi connectivity index (χ1) is 9.24. The smallest absolute Gasteiger partial charge is 0.180 e. The van der Waals surface area contributed by atoms with Crippen molar-refractivity contribution in [2.75, 3.05) is 24.6 Å². The fraction of sp³-hybridized carbons (Fsp3) is 0.462. The minimum Gasteiger partial charge on any atom is -0.373 e. The molecule has 2 unspecified atom stereocenters. The van der Waals surface area contributed by atoms with Gasteiger partial charge in [0, 0.05) is 31.5 Å². The maximum Gasteiger partial charge on any atom is 0.180 e. The third-order valence-corrected chi connectivity index (χ3v) is 3.32. The molecule has 0 radical (unpaired) electrons. The number of hydrogen-bond donors (Lipinski definition) is 1. The molecule has 1 aliphatic heterocycles. The topological polar surface area (TPSA) is 77.2 Å². The first-order valence-electron chi connectivity index (χ1n) is 6.44. The summed E-state index contributed by atoms with van der Waals surface area (Å²) < 4.78 is 5.66. The van der Waals surface area contributed by atoms with Gasteiger partial charge >= 0.3 is 0 Å². The Morgan fingerprint density at radius 1 is 1.37 bits per heavy atom. The number of rotatable bonds is 2. The largest absolute Gasteiger partial charge is 0.373 e. The number of aromatic nitrogens is 3. The molecular formula is C13H17N5O. The molecule has 1 aliphatic rings. The Labute approximate surface area is 111 Å². The molecule has 6 heteroatoms. The molecule has 2 N–H and O–H groups in total. The van der Waals surface area contributed by atoms with E-state index in [9.17, 15) is 0 Å². The third-order valence-electron chi connectivity index (χ3n) is 3.32. The van der Waals surface area contributed by atoms with Crippen molar-refractivity contribution in [2.24, 2.45) is 5.73 Å². The van der Waals surface area contributed by atoms with Gasteiger partial charge in [0.1, 0.15) is 11.3 Å². The van der Waals surface area contributed by atoms with Crippen molar-refractivity contribution >= 4 is 17.0 Å². The van der Waals surface area contributed by atoms with Crippen LogP contribution in [-0.2, 0) is 4.74 Å². The van der Waals surface area contributed by atoms with Crippen LogP contribution in [0, 0.1) is 0 Å². The molecule has 6 nitrogen and oxygen atoms in total. The molecule has 19 heavy (non-hydrogen) atoms. The predicted molar refractivity (Wildman–Crippen MR) is 72.9 cm³/mol. The number of nitrogens with two attached hydrogens (primary N) is 1. The van der Waals surface area contributed by atoms with Crippen LogP contribution in [0.2, 0.25) is 0 Å². The first-order valence-corrected chi connectivity index (χ1v) is 6.44. The van der Waals surface area contributed by atoms with Crippen LogP contribution in [0.1, 0.15) is 6.92 Å². The van der Waals surface area contributed by atoms with E-state index in [1.165, 1.54) is 0 Å². The number of pyridine rings is 1. The molecule has 0 aliphatic carbocycles. The van der Waals surface area contributed by atoms with Crippen LogP contribution < -0.4 is 10.6 Å². The van der Waals surface area contributed by atoms with E-state index in [-0.39, 0.29) is 12.1 Å². The van der Waals surface area contributed by atoms with Gasteiger partial charge in [-0.2, -0.15) is 0 Å². The second-order valence-corrected chi connectivity index (χ2v) is 4.78. The standard InChI is InChI=1S/C13H17N5O/c1-9(14)11-8-18(6-7-19-11)12-3-2-10-13(17-12)16-5-4-15-10/h2-5,9,11H,6-8,14H2,1H3. The van der Waals surface area contributed by atoms with E-state index in [2.05, 4.69) is 19.9 Å². The van der Waals surface area contributed by atoms with E-state index in [1.807, 2.05) is 19.1 Å². The summed E-state index contributed by atoms with van der Waals surface area (Å²) in [6, 6.07) is 3.93. The molecule has 0 amide bonds. The molecule has 2 atom stereocenters. The fourth-order valence-corrected chi connectivity index (χ4v) is 2.22. The minimum absolute atomic E-state index is 0.0167. The lowest BCUT2D eigenvalue weighted by Gasteiger charge is -2.35. The van der Waals surface area contributed by atoms with Gasteiger partial charge in [0.05, 0.1) is 12.7 Å². The summed E-state index contributed by atoms with van der Waals surface area (Å²) in [6.07, 6.45) is 3.38. The monoisotopic (exact) mass is 259 g/mol. The zero-order chi connectivity index (χ0) is 13.2. The third kappa shape index (κ3) is 2.50. The zero-order valence-corrected chi connectivity index (χ0v) is 10.9. The van der Waals surface area contributed by atoms with Gasteiger partial charge in [-0.25, -0.2) is 9.97 Å². The van der Waals surface area contributed by atoms with Crippen LogP contribution in [-0.4, -0.2) is 46.8 Å². The molecule has 0 spiro atoms. The van der Waals surface area contributed by atoms with Crippen molar-refractivity contribution in [2.45, 2.75) is 19.1 Å². The van der Waals surface area contributed by atoms with Crippen molar-refractivity contribution in [1.82, 2.24) is 15.0 Å². The quantitative estimate of drug-likeness (QED) is 0.850. The van der Waals surface area contributed by atoms with Crippen molar-refractivity contribution in [1.29, 1.82) is 0 Å². The lowest BCUT2D eigenvalue weighted by atomic mass is 10.1. The van der Waals surface area contributed by atoms with Gasteiger partial charge in [0.2, 0.25) is 0 Å². The highest BCUT2D eigenvalue weighted by Gasteiger charge is 2.24. The van der Waals surface area contributed by atoms with Crippen LogP contribution >= 0.6 is 0 Å². The van der Waals surface area contributed by atoms with Crippen molar-refractivity contribution < 1.29 is 4.74 Å². The molecule has 3 heterocycles. The Morgan fingerprint density at radius 2 is 2.21 bits per heavy atom. The molecule has 100 valence electrons. The Hall–Kier alpha value is -1.79. The average molecular weight is 259 g/mol. The lowest BCUT2D eigenvalue weighted by Crippen LogP contribution is -2.49. The molecule has 1 saturated heterocycles. The van der Waals surface area contributed by atoms with E-state index in [0.717, 1.165) is 24.4 Å². The summed E-state index contributed by atoms with van der Waals surface area (Å²) in [5, 5.41) is 0. The van der Waals surface area contributed by atoms with Crippen molar-refractivity contribution in [3.63, 3.8) is 0 Å². The maximum absolute atomic E-state index is 5.90. The number of fused-ring (bicyclic) bond motifs is 1. The highest BCUT2D eigenvalue weighted by Crippen LogP contribution is 2.18. The fourth-order valence-electron chi connectivity index (χ4n) is 2.22. The van der Waals surface area contributed by atoms with Crippen LogP contribution in [0.3, 0.4) is 0 Å². The summed E-state index contributed by atoms with van der Waals surface area (Å²) in [7, 11) is 0. The van der Waals surface area contributed by atoms with E-state index in [4.69, 9.17) is 10.5 Å². The summed E-state index contributed by atoms with van der Waals surface area (Å²) in [4.78, 5) is 15.2. The second-order valence-electron chi connectivity index (χ2n) is 4.78. The Bertz CT molecular complexity index is 574. The van der Waals surface area contributed by atoms with E-state index < -0.39 is 0 Å². The van der Waals surface area contributed by atoms with Crippen LogP contribution in [0.15, 0.2) is 24.5 Å². The van der Waals surface area contributed by atoms with Gasteiger partial charge in [-0.1, -0.05) is 0 Å². The van der Waals surface area contributed by atoms with Crippen molar-refractivity contribution in [3.05, 3.63) is 24.5 Å². The first kappa shape index (κ1) is 12.3. The average Bonchev–Trinajstić information content (AvgIpc) is 2.47. The number of nitrogens with zero attached hydrogens (tertiary/aromatic N) is 4. The molecule has 1 fully saturated rings. The van der Waals surface area contributed by atoms with Crippen LogP contribution in [0.5, 0.6) is 0 Å². The molecule has 0 bridgehead atoms. The maximum atomic E-state index is 5.90. The highest BCUT2D eigenvalue weighted by molar-refractivity contribution is 5.71. The van der Waals surface area contributed by atoms with Gasteiger partial charge in [0.15, 0.2) is 5.65 Å². The predicted octanol–water partition coefficient (Wildman–Crippen LogP) is 0.577. The van der Waals surface area contributed by atoms with E-state index in [0.29, 0.717) is 12.3 Å². The SMILES string of the molecule is CC(N)C1CN(c2ccc3nccnc3n2)CCO1. The summed E-state index contributed by atoms with van der Waals surface area (Å²) >= 11 is 0. The second kappa shape index (κ2) is 5.07. The van der Waals surface area contributed by atoms with Gasteiger partial charge in [0.25, 0.3) is 0 Å². The van der Waals surface area contributed by atoms with Gasteiger partial charge in [-0.05, 0) is 19.1 Å². The number of anilines is 1. The van der Waals surface area contributed by atoms with Gasteiger partial charge in [-0.3, -0.25) is 4.98 Å². The summed E-state index contributed by atoms with van der Waals surface area (Å²) in [6.45, 7) is 4.22. The van der Waals surface area contributed by atoms with E-state index in [1.54, 1.807) is 12.4 Å². The van der Waals surface area contributed by atoms with Crippen LogP contribution in [0.25, 0.3) is 11.2 Å². The minimum atomic E-state index is 0.0167. The highest BCUT2D eigenvalue weighted by atomic mass is 16.5. The molecule has 2 aromatic rings. The summed E-state index contributed by atoms with van der Waals surface area (Å²) in [5.41, 5.74) is 7.38. The number of hydrogen-bond acceptors (Lipinski definition) is 6. The van der Waals surface area contributed by atoms with Gasteiger partial charge < -0.3 is 15.4 Å². The van der Waals surface area contributed by atoms with Crippen LogP contribution in [0.4, 0.5) is 5.82 Å². The number of ether oxygens (including phenoxy) is 1. The molecule has 2 aromatic heterocycles. The number of morpholine rings is 1. The lowest BCUT2D eigenvalue weighted by molar-refractivity contribution is 0.0273. The normalized spacial score (nSPS) is 21.6. The molecular weight excluding hydrogens is 242 g/mol. The molecule has 0 aromatic carbocycles. The summed E-state index contributed by atoms with van der Waals surface area (Å²) in [5.74, 6) is 0.905. The molecule has 0 saturated carbocycles.